The van der Waals surface area contributed by atoms with Gasteiger partial charge >= 0.3 is 0 Å². The fourth-order valence-corrected chi connectivity index (χ4v) is 2.84. The number of nitrogens with two attached hydrogens (primary N) is 1. The lowest BCUT2D eigenvalue weighted by Crippen LogP contribution is -2.36. The number of carbonyl (C=O) groups is 1. The Morgan fingerprint density at radius 1 is 1.42 bits per heavy atom. The summed E-state index contributed by atoms with van der Waals surface area (Å²) in [5.74, 6) is 0.426. The summed E-state index contributed by atoms with van der Waals surface area (Å²) in [6.07, 6.45) is 0. The molecule has 5 heteroatoms. The van der Waals surface area contributed by atoms with E-state index in [2.05, 4.69) is 11.8 Å². The summed E-state index contributed by atoms with van der Waals surface area (Å²) in [6, 6.07) is 5.42. The van der Waals surface area contributed by atoms with Gasteiger partial charge in [0.15, 0.2) is 0 Å². The highest BCUT2D eigenvalue weighted by Gasteiger charge is 2.34. The number of rotatable bonds is 2. The predicted molar refractivity (Wildman–Crippen MR) is 78.4 cm³/mol. The summed E-state index contributed by atoms with van der Waals surface area (Å²) in [7, 11) is 4.09. The molecule has 0 aliphatic carbocycles. The number of halogens is 1. The molecule has 2 rings (SSSR count). The molecule has 2 unspecified atom stereocenters. The van der Waals surface area contributed by atoms with Gasteiger partial charge in [-0.25, -0.2) is 0 Å². The van der Waals surface area contributed by atoms with Gasteiger partial charge in [0.25, 0.3) is 5.91 Å². The molecule has 0 aromatic heterocycles. The van der Waals surface area contributed by atoms with Gasteiger partial charge in [0.2, 0.25) is 0 Å². The van der Waals surface area contributed by atoms with E-state index in [9.17, 15) is 4.79 Å². The van der Waals surface area contributed by atoms with Crippen molar-refractivity contribution in [2.24, 2.45) is 5.92 Å². The van der Waals surface area contributed by atoms with E-state index in [1.807, 2.05) is 19.0 Å². The molecule has 1 aliphatic rings. The van der Waals surface area contributed by atoms with Gasteiger partial charge in [-0.15, -0.1) is 0 Å². The summed E-state index contributed by atoms with van der Waals surface area (Å²) < 4.78 is 0. The molecule has 1 aromatic carbocycles. The topological polar surface area (TPSA) is 49.6 Å². The van der Waals surface area contributed by atoms with Crippen molar-refractivity contribution in [1.29, 1.82) is 0 Å². The van der Waals surface area contributed by atoms with E-state index in [4.69, 9.17) is 17.3 Å². The second-order valence-corrected chi connectivity index (χ2v) is 5.89. The normalized spacial score (nSPS) is 23.1. The Morgan fingerprint density at radius 2 is 2.11 bits per heavy atom. The zero-order valence-electron chi connectivity index (χ0n) is 11.6. The Kier molecular flexibility index (Phi) is 4.02. The first-order valence-electron chi connectivity index (χ1n) is 6.41. The highest BCUT2D eigenvalue weighted by atomic mass is 35.5. The SMILES string of the molecule is CC1CN(C(=O)c2cc(Cl)ccc2N)CC1N(C)C. The zero-order chi connectivity index (χ0) is 14.2. The van der Waals surface area contributed by atoms with E-state index in [1.54, 1.807) is 18.2 Å². The second kappa shape index (κ2) is 5.39. The van der Waals surface area contributed by atoms with Gasteiger partial charge in [0.1, 0.15) is 0 Å². The van der Waals surface area contributed by atoms with Crippen LogP contribution in [0.2, 0.25) is 5.02 Å². The number of likely N-dealkylation sites (tertiary alicyclic amines) is 1. The van der Waals surface area contributed by atoms with Gasteiger partial charge in [-0.05, 0) is 38.2 Å². The van der Waals surface area contributed by atoms with E-state index in [-0.39, 0.29) is 5.91 Å². The number of hydrogen-bond donors (Lipinski definition) is 1. The molecule has 1 aromatic rings. The van der Waals surface area contributed by atoms with Gasteiger partial charge in [-0.3, -0.25) is 4.79 Å². The first-order valence-corrected chi connectivity index (χ1v) is 6.78. The van der Waals surface area contributed by atoms with E-state index in [0.717, 1.165) is 13.1 Å². The molecule has 19 heavy (non-hydrogen) atoms. The van der Waals surface area contributed by atoms with E-state index in [1.165, 1.54) is 0 Å². The zero-order valence-corrected chi connectivity index (χ0v) is 12.3. The minimum atomic E-state index is -0.0313. The fourth-order valence-electron chi connectivity index (χ4n) is 2.67. The van der Waals surface area contributed by atoms with Crippen molar-refractivity contribution >= 4 is 23.2 Å². The van der Waals surface area contributed by atoms with E-state index < -0.39 is 0 Å². The smallest absolute Gasteiger partial charge is 0.256 e. The van der Waals surface area contributed by atoms with Crippen LogP contribution in [0.3, 0.4) is 0 Å². The summed E-state index contributed by atoms with van der Waals surface area (Å²) >= 11 is 5.94. The molecule has 2 atom stereocenters. The number of nitrogen functional groups attached to an aromatic ring is 1. The maximum absolute atomic E-state index is 12.5. The Hall–Kier alpha value is -1.26. The Morgan fingerprint density at radius 3 is 2.68 bits per heavy atom. The standard InChI is InChI=1S/C14H20ClN3O/c1-9-7-18(8-13(9)17(2)3)14(19)11-6-10(15)4-5-12(11)16/h4-6,9,13H,7-8,16H2,1-3H3. The third-order valence-corrected chi connectivity index (χ3v) is 4.00. The van der Waals surface area contributed by atoms with Crippen LogP contribution in [0, 0.1) is 5.92 Å². The molecule has 0 saturated carbocycles. The Bertz CT molecular complexity index is 490. The first-order chi connectivity index (χ1) is 8.90. The highest BCUT2D eigenvalue weighted by Crippen LogP contribution is 2.25. The quantitative estimate of drug-likeness (QED) is 0.843. The first kappa shape index (κ1) is 14.2. The van der Waals surface area contributed by atoms with Crippen LogP contribution >= 0.6 is 11.6 Å². The molecule has 1 amide bonds. The third kappa shape index (κ3) is 2.85. The maximum Gasteiger partial charge on any atom is 0.256 e. The molecule has 1 saturated heterocycles. The molecule has 1 aliphatic heterocycles. The van der Waals surface area contributed by atoms with Crippen molar-refractivity contribution < 1.29 is 4.79 Å². The van der Waals surface area contributed by atoms with Gasteiger partial charge in [-0.2, -0.15) is 0 Å². The minimum Gasteiger partial charge on any atom is -0.398 e. The van der Waals surface area contributed by atoms with E-state index >= 15 is 0 Å². The average molecular weight is 282 g/mol. The predicted octanol–water partition coefficient (Wildman–Crippen LogP) is 1.94. The fraction of sp³-hybridized carbons (Fsp3) is 0.500. The number of hydrogen-bond acceptors (Lipinski definition) is 3. The maximum atomic E-state index is 12.5. The van der Waals surface area contributed by atoms with E-state index in [0.29, 0.717) is 28.2 Å². The lowest BCUT2D eigenvalue weighted by molar-refractivity contribution is 0.0782. The van der Waals surface area contributed by atoms with Gasteiger partial charge in [0, 0.05) is 29.8 Å². The molecule has 0 bridgehead atoms. The number of nitrogens with zero attached hydrogens (tertiary/aromatic N) is 2. The summed E-state index contributed by atoms with van der Waals surface area (Å²) in [6.45, 7) is 3.66. The molecular formula is C14H20ClN3O. The number of benzene rings is 1. The summed E-state index contributed by atoms with van der Waals surface area (Å²) in [5, 5.41) is 0.536. The van der Waals surface area contributed by atoms with Crippen LogP contribution in [0.25, 0.3) is 0 Å². The van der Waals surface area contributed by atoms with Crippen molar-refractivity contribution in [2.45, 2.75) is 13.0 Å². The van der Waals surface area contributed by atoms with Crippen LogP contribution in [-0.2, 0) is 0 Å². The van der Waals surface area contributed by atoms with Gasteiger partial charge < -0.3 is 15.5 Å². The lowest BCUT2D eigenvalue weighted by atomic mass is 10.1. The summed E-state index contributed by atoms with van der Waals surface area (Å²) in [4.78, 5) is 16.5. The van der Waals surface area contributed by atoms with Crippen molar-refractivity contribution in [3.05, 3.63) is 28.8 Å². The van der Waals surface area contributed by atoms with Crippen LogP contribution in [-0.4, -0.2) is 48.9 Å². The number of likely N-dealkylation sites (N-methyl/N-ethyl adjacent to an activating group) is 1. The molecule has 104 valence electrons. The highest BCUT2D eigenvalue weighted by molar-refractivity contribution is 6.31. The average Bonchev–Trinajstić information content (AvgIpc) is 2.74. The number of carbonyl (C=O) groups excluding carboxylic acids is 1. The number of amides is 1. The molecule has 0 spiro atoms. The number of anilines is 1. The van der Waals surface area contributed by atoms with Crippen molar-refractivity contribution in [1.82, 2.24) is 9.80 Å². The summed E-state index contributed by atoms with van der Waals surface area (Å²) in [5.41, 5.74) is 6.85. The lowest BCUT2D eigenvalue weighted by Gasteiger charge is -2.22. The molecule has 4 nitrogen and oxygen atoms in total. The van der Waals surface area contributed by atoms with Crippen LogP contribution in [0.4, 0.5) is 5.69 Å². The van der Waals surface area contributed by atoms with Crippen LogP contribution < -0.4 is 5.73 Å². The third-order valence-electron chi connectivity index (χ3n) is 3.77. The van der Waals surface area contributed by atoms with Crippen molar-refractivity contribution in [2.75, 3.05) is 32.9 Å². The Labute approximate surface area is 119 Å². The van der Waals surface area contributed by atoms with Gasteiger partial charge in [-0.1, -0.05) is 18.5 Å². The van der Waals surface area contributed by atoms with Crippen molar-refractivity contribution in [3.8, 4) is 0 Å². The molecule has 1 fully saturated rings. The van der Waals surface area contributed by atoms with Crippen LogP contribution in [0.15, 0.2) is 18.2 Å². The molecular weight excluding hydrogens is 262 g/mol. The molecule has 0 radical (unpaired) electrons. The Balaban J connectivity index is 2.19. The molecule has 1 heterocycles. The van der Waals surface area contributed by atoms with Crippen LogP contribution in [0.1, 0.15) is 17.3 Å². The van der Waals surface area contributed by atoms with Gasteiger partial charge in [0.05, 0.1) is 5.56 Å². The monoisotopic (exact) mass is 281 g/mol. The molecule has 2 N–H and O–H groups in total. The largest absolute Gasteiger partial charge is 0.398 e. The minimum absolute atomic E-state index is 0.0313. The van der Waals surface area contributed by atoms with Crippen molar-refractivity contribution in [3.63, 3.8) is 0 Å². The second-order valence-electron chi connectivity index (χ2n) is 5.45. The van der Waals surface area contributed by atoms with Crippen LogP contribution in [0.5, 0.6) is 0 Å².